The lowest BCUT2D eigenvalue weighted by Gasteiger charge is -2.40. The SMILES string of the molecule is COCCCNC(=O)CCCC(=O)NC(CCCCC(=O)NCCCO[C@@H]1OC(CO)[C@H](O)[C@H](O)C1C)(COCCOC(=O)NCCCO[C@@H]1OC(CO)[C@H](O)[C@H](O)C1C)COCCC(=O)NCCCO[C@@H]1OC(CO)[C@H](O)[C@H](O)C1C. The molecule has 0 aromatic heterocycles. The quantitative estimate of drug-likeness (QED) is 0.0264. The summed E-state index contributed by atoms with van der Waals surface area (Å²) in [4.78, 5) is 64.6. The Morgan fingerprint density at radius 3 is 1.27 bits per heavy atom. The molecule has 16 atom stereocenters. The number of hydrogen-bond acceptors (Lipinski definition) is 24. The molecule has 0 saturated carbocycles. The summed E-state index contributed by atoms with van der Waals surface area (Å²) in [7, 11) is 1.56. The zero-order valence-electron chi connectivity index (χ0n) is 48.1. The van der Waals surface area contributed by atoms with Crippen LogP contribution in [0.5, 0.6) is 0 Å². The topological polar surface area (TPSA) is 420 Å². The summed E-state index contributed by atoms with van der Waals surface area (Å²) in [6.07, 6.45) is -10.6. The molecular weight excluding hydrogens is 1090 g/mol. The number of amides is 5. The van der Waals surface area contributed by atoms with Crippen LogP contribution in [-0.4, -0.2) is 268 Å². The fraction of sp³-hybridized carbons (Fsp3) is 0.906. The number of aliphatic hydroxyl groups is 9. The Morgan fingerprint density at radius 2 is 0.829 bits per heavy atom. The second-order valence-electron chi connectivity index (χ2n) is 21.1. The van der Waals surface area contributed by atoms with Gasteiger partial charge in [0.05, 0.1) is 89.9 Å². The molecule has 7 unspecified atom stereocenters. The van der Waals surface area contributed by atoms with Gasteiger partial charge in [0.1, 0.15) is 43.2 Å². The van der Waals surface area contributed by atoms with Gasteiger partial charge in [0.25, 0.3) is 0 Å². The number of aliphatic hydroxyl groups excluding tert-OH is 9. The molecule has 82 heavy (non-hydrogen) atoms. The van der Waals surface area contributed by atoms with Crippen molar-refractivity contribution in [2.24, 2.45) is 17.8 Å². The van der Waals surface area contributed by atoms with E-state index in [1.165, 1.54) is 0 Å². The van der Waals surface area contributed by atoms with Crippen molar-refractivity contribution in [2.45, 2.75) is 177 Å². The summed E-state index contributed by atoms with van der Waals surface area (Å²) in [6, 6.07) is 0. The molecule has 0 bridgehead atoms. The summed E-state index contributed by atoms with van der Waals surface area (Å²) < 4.78 is 56.3. The first-order valence-electron chi connectivity index (χ1n) is 28.7. The molecule has 3 aliphatic heterocycles. The molecule has 29 nitrogen and oxygen atoms in total. The summed E-state index contributed by atoms with van der Waals surface area (Å²) in [5.74, 6) is -2.95. The molecular formula is C53H97N5O24. The predicted molar refractivity (Wildman–Crippen MR) is 287 cm³/mol. The number of carbonyl (C=O) groups is 5. The van der Waals surface area contributed by atoms with Crippen LogP contribution in [-0.2, 0) is 66.5 Å². The molecule has 3 saturated heterocycles. The lowest BCUT2D eigenvalue weighted by atomic mass is 9.92. The maximum Gasteiger partial charge on any atom is 0.407 e. The van der Waals surface area contributed by atoms with Crippen LogP contribution in [0, 0.1) is 17.8 Å². The largest absolute Gasteiger partial charge is 0.447 e. The fourth-order valence-electron chi connectivity index (χ4n) is 9.18. The van der Waals surface area contributed by atoms with Gasteiger partial charge in [0.2, 0.25) is 23.6 Å². The van der Waals surface area contributed by atoms with E-state index < -0.39 is 129 Å². The van der Waals surface area contributed by atoms with Crippen LogP contribution >= 0.6 is 0 Å². The Labute approximate surface area is 480 Å². The fourth-order valence-corrected chi connectivity index (χ4v) is 9.18. The molecule has 29 heteroatoms. The Kier molecular flexibility index (Phi) is 36.1. The van der Waals surface area contributed by atoms with Gasteiger partial charge in [-0.05, 0) is 44.9 Å². The van der Waals surface area contributed by atoms with Crippen LogP contribution in [0.2, 0.25) is 0 Å². The first-order chi connectivity index (χ1) is 39.3. The highest BCUT2D eigenvalue weighted by Gasteiger charge is 2.45. The third-order valence-corrected chi connectivity index (χ3v) is 14.3. The zero-order chi connectivity index (χ0) is 60.5. The van der Waals surface area contributed by atoms with Crippen molar-refractivity contribution in [3.8, 4) is 0 Å². The Bertz CT molecular complexity index is 1730. The van der Waals surface area contributed by atoms with Crippen molar-refractivity contribution in [3.05, 3.63) is 0 Å². The van der Waals surface area contributed by atoms with Crippen LogP contribution in [0.1, 0.15) is 97.8 Å². The summed E-state index contributed by atoms with van der Waals surface area (Å²) >= 11 is 0. The van der Waals surface area contributed by atoms with Crippen LogP contribution in [0.4, 0.5) is 4.79 Å². The molecule has 14 N–H and O–H groups in total. The van der Waals surface area contributed by atoms with Gasteiger partial charge >= 0.3 is 6.09 Å². The second-order valence-corrected chi connectivity index (χ2v) is 21.1. The van der Waals surface area contributed by atoms with Crippen molar-refractivity contribution in [1.82, 2.24) is 26.6 Å². The van der Waals surface area contributed by atoms with E-state index in [9.17, 15) is 69.9 Å². The van der Waals surface area contributed by atoms with Crippen LogP contribution in [0.15, 0.2) is 0 Å². The molecule has 3 heterocycles. The normalized spacial score (nSPS) is 29.1. The summed E-state index contributed by atoms with van der Waals surface area (Å²) in [5.41, 5.74) is -1.23. The number of alkyl carbamates (subject to hydrolysis) is 1. The van der Waals surface area contributed by atoms with Gasteiger partial charge in [-0.3, -0.25) is 19.2 Å². The van der Waals surface area contributed by atoms with Gasteiger partial charge in [-0.2, -0.15) is 0 Å². The molecule has 5 amide bonds. The molecule has 0 aromatic rings. The second kappa shape index (κ2) is 40.7. The van der Waals surface area contributed by atoms with Crippen LogP contribution in [0.3, 0.4) is 0 Å². The van der Waals surface area contributed by atoms with E-state index in [0.717, 1.165) is 0 Å². The van der Waals surface area contributed by atoms with Crippen LogP contribution in [0.25, 0.3) is 0 Å². The number of ether oxygens (including phenoxy) is 10. The molecule has 3 fully saturated rings. The molecule has 0 spiro atoms. The number of carbonyl (C=O) groups excluding carboxylic acids is 5. The van der Waals surface area contributed by atoms with Crippen molar-refractivity contribution in [2.75, 3.05) is 113 Å². The van der Waals surface area contributed by atoms with Gasteiger partial charge in [-0.25, -0.2) is 4.79 Å². The standard InChI is InChI=1S/C53H97N5O24/c1-33-43(66)46(69)36(28-59)80-49(33)76-22-9-18-55-39(62)12-5-6-16-53(58-42(65)14-7-13-40(63)54-17-8-21-73-4,31-74-25-15-41(64)56-19-10-23-77-50-34(2)44(67)47(70)37(29-60)81-50)32-75-26-27-79-52(72)57-20-11-24-78-51-35(3)45(68)48(71)38(30-61)82-51/h33-38,43-51,59-61,66-71H,5-32H2,1-4H3,(H,54,63)(H,55,62)(H,56,64)(H,57,72)(H,58,65)/t33?,34?,35?,36?,37?,38?,43-,44-,45-,46+,47+,48+,49-,50-,51-,53?/m1/s1. The third-order valence-electron chi connectivity index (χ3n) is 14.3. The highest BCUT2D eigenvalue weighted by molar-refractivity contribution is 5.79. The summed E-state index contributed by atoms with van der Waals surface area (Å²) in [5, 5.41) is 104. The number of unbranched alkanes of at least 4 members (excludes halogenated alkanes) is 1. The molecule has 3 aliphatic rings. The van der Waals surface area contributed by atoms with Crippen molar-refractivity contribution in [1.29, 1.82) is 0 Å². The third kappa shape index (κ3) is 26.4. The minimum Gasteiger partial charge on any atom is -0.447 e. The molecule has 478 valence electrons. The summed E-state index contributed by atoms with van der Waals surface area (Å²) in [6.45, 7) is 4.69. The number of methoxy groups -OCH3 is 1. The van der Waals surface area contributed by atoms with Crippen molar-refractivity contribution >= 4 is 29.7 Å². The molecule has 0 aromatic carbocycles. The van der Waals surface area contributed by atoms with E-state index >= 15 is 0 Å². The Morgan fingerprint density at radius 1 is 0.439 bits per heavy atom. The first kappa shape index (κ1) is 72.7. The smallest absolute Gasteiger partial charge is 0.407 e. The van der Waals surface area contributed by atoms with Crippen molar-refractivity contribution < 1.29 is 117 Å². The van der Waals surface area contributed by atoms with Gasteiger partial charge < -0.3 is 120 Å². The van der Waals surface area contributed by atoms with Crippen molar-refractivity contribution in [3.63, 3.8) is 0 Å². The Hall–Kier alpha value is -3.57. The van der Waals surface area contributed by atoms with E-state index in [1.54, 1.807) is 27.9 Å². The lowest BCUT2D eigenvalue weighted by Crippen LogP contribution is -2.55. The predicted octanol–water partition coefficient (Wildman–Crippen LogP) is -3.45. The van der Waals surface area contributed by atoms with E-state index in [0.29, 0.717) is 51.7 Å². The van der Waals surface area contributed by atoms with Gasteiger partial charge in [-0.15, -0.1) is 0 Å². The number of nitrogens with one attached hydrogen (secondary N) is 5. The van der Waals surface area contributed by atoms with E-state index in [4.69, 9.17) is 47.4 Å². The maximum absolute atomic E-state index is 13.7. The zero-order valence-corrected chi connectivity index (χ0v) is 48.1. The highest BCUT2D eigenvalue weighted by atomic mass is 16.7. The van der Waals surface area contributed by atoms with E-state index in [1.807, 2.05) is 0 Å². The van der Waals surface area contributed by atoms with Gasteiger partial charge in [-0.1, -0.05) is 27.2 Å². The molecule has 0 radical (unpaired) electrons. The van der Waals surface area contributed by atoms with Gasteiger partial charge in [0, 0.05) is 83.3 Å². The maximum atomic E-state index is 13.7. The first-order valence-corrected chi connectivity index (χ1v) is 28.7. The highest BCUT2D eigenvalue weighted by Crippen LogP contribution is 2.29. The Balaban J connectivity index is 1.58. The molecule has 3 rings (SSSR count). The van der Waals surface area contributed by atoms with Crippen LogP contribution < -0.4 is 26.6 Å². The van der Waals surface area contributed by atoms with E-state index in [2.05, 4.69) is 26.6 Å². The average molecular weight is 1190 g/mol. The van der Waals surface area contributed by atoms with E-state index in [-0.39, 0.29) is 129 Å². The molecule has 0 aliphatic carbocycles. The number of rotatable bonds is 42. The monoisotopic (exact) mass is 1190 g/mol. The van der Waals surface area contributed by atoms with Gasteiger partial charge in [0.15, 0.2) is 18.9 Å². The minimum absolute atomic E-state index is 0.0343. The average Bonchev–Trinajstić information content (AvgIpc) is 3.53. The number of hydrogen-bond donors (Lipinski definition) is 14. The minimum atomic E-state index is -1.26. The lowest BCUT2D eigenvalue weighted by molar-refractivity contribution is -0.282.